The van der Waals surface area contributed by atoms with Crippen molar-refractivity contribution in [2.45, 2.75) is 58.1 Å². The van der Waals surface area contributed by atoms with Gasteiger partial charge in [-0.1, -0.05) is 6.42 Å². The molecule has 0 saturated heterocycles. The van der Waals surface area contributed by atoms with E-state index in [0.29, 0.717) is 19.3 Å². The summed E-state index contributed by atoms with van der Waals surface area (Å²) >= 11 is 0. The number of amides is 1. The highest BCUT2D eigenvalue weighted by Gasteiger charge is 2.23. The van der Waals surface area contributed by atoms with Gasteiger partial charge in [0.05, 0.1) is 5.84 Å². The van der Waals surface area contributed by atoms with E-state index in [1.54, 1.807) is 20.8 Å². The van der Waals surface area contributed by atoms with Gasteiger partial charge in [0.25, 0.3) is 0 Å². The Balaban J connectivity index is 4.16. The number of nitrogens with one attached hydrogen (secondary N) is 2. The first-order chi connectivity index (χ1) is 8.61. The summed E-state index contributed by atoms with van der Waals surface area (Å²) in [5.74, 6) is -1.03. The summed E-state index contributed by atoms with van der Waals surface area (Å²) in [6, 6.07) is -0.984. The van der Waals surface area contributed by atoms with E-state index in [2.05, 4.69) is 5.32 Å². The Hall–Kier alpha value is -1.79. The molecule has 7 nitrogen and oxygen atoms in total. The lowest BCUT2D eigenvalue weighted by Crippen LogP contribution is -2.43. The van der Waals surface area contributed by atoms with E-state index in [1.807, 2.05) is 0 Å². The molecule has 0 aromatic rings. The van der Waals surface area contributed by atoms with Crippen LogP contribution in [-0.4, -0.2) is 34.6 Å². The maximum atomic E-state index is 11.5. The monoisotopic (exact) mass is 273 g/mol. The van der Waals surface area contributed by atoms with E-state index in [9.17, 15) is 9.59 Å². The zero-order valence-electron chi connectivity index (χ0n) is 11.7. The van der Waals surface area contributed by atoms with Crippen molar-refractivity contribution in [2.24, 2.45) is 5.73 Å². The van der Waals surface area contributed by atoms with Gasteiger partial charge in [0, 0.05) is 6.42 Å². The smallest absolute Gasteiger partial charge is 0.408 e. The normalized spacial score (nSPS) is 12.6. The van der Waals surface area contributed by atoms with Crippen molar-refractivity contribution >= 4 is 17.9 Å². The number of amidine groups is 1. The Kier molecular flexibility index (Phi) is 6.89. The Morgan fingerprint density at radius 1 is 1.37 bits per heavy atom. The summed E-state index contributed by atoms with van der Waals surface area (Å²) in [6.45, 7) is 5.11. The first-order valence-corrected chi connectivity index (χ1v) is 6.17. The van der Waals surface area contributed by atoms with E-state index >= 15 is 0 Å². The second-order valence-electron chi connectivity index (χ2n) is 5.31. The molecular formula is C12H23N3O4. The van der Waals surface area contributed by atoms with Crippen LogP contribution in [0.5, 0.6) is 0 Å². The van der Waals surface area contributed by atoms with Crippen LogP contribution in [-0.2, 0) is 9.53 Å². The number of carbonyl (C=O) groups excluding carboxylic acids is 1. The predicted octanol–water partition coefficient (Wildman–Crippen LogP) is 1.46. The molecule has 0 saturated carbocycles. The largest absolute Gasteiger partial charge is 0.480 e. The van der Waals surface area contributed by atoms with Crippen LogP contribution < -0.4 is 11.1 Å². The molecule has 0 radical (unpaired) electrons. The second-order valence-corrected chi connectivity index (χ2v) is 5.31. The molecule has 0 aliphatic heterocycles. The molecule has 19 heavy (non-hydrogen) atoms. The Morgan fingerprint density at radius 3 is 2.37 bits per heavy atom. The topological polar surface area (TPSA) is 126 Å². The highest BCUT2D eigenvalue weighted by atomic mass is 16.6. The van der Waals surface area contributed by atoms with E-state index in [1.165, 1.54) is 0 Å². The number of hydrogen-bond donors (Lipinski definition) is 4. The van der Waals surface area contributed by atoms with Crippen LogP contribution in [0, 0.1) is 5.41 Å². The Bertz CT molecular complexity index is 336. The molecule has 0 aliphatic rings. The molecule has 0 fully saturated rings. The molecule has 0 aliphatic carbocycles. The SMILES string of the molecule is CC(C)(C)OC(=O)N[C@@H](CCCCC(=N)N)C(=O)O. The third-order valence-corrected chi connectivity index (χ3v) is 2.18. The standard InChI is InChI=1S/C12H23N3O4/c1-12(2,3)19-11(18)15-8(10(16)17)6-4-5-7-9(13)14/h8H,4-7H2,1-3H3,(H3,13,14)(H,15,18)(H,16,17)/t8-/m0/s1. The van der Waals surface area contributed by atoms with Crippen LogP contribution in [0.2, 0.25) is 0 Å². The number of unbranched alkanes of at least 4 members (excludes halogenated alkanes) is 1. The zero-order chi connectivity index (χ0) is 15.1. The van der Waals surface area contributed by atoms with Gasteiger partial charge >= 0.3 is 12.1 Å². The minimum atomic E-state index is -1.10. The summed E-state index contributed by atoms with van der Waals surface area (Å²) < 4.78 is 5.00. The van der Waals surface area contributed by atoms with Crippen molar-refractivity contribution in [1.82, 2.24) is 5.32 Å². The number of aliphatic carboxylic acids is 1. The molecule has 0 aromatic carbocycles. The molecule has 1 atom stereocenters. The number of carbonyl (C=O) groups is 2. The first kappa shape index (κ1) is 17.2. The fourth-order valence-corrected chi connectivity index (χ4v) is 1.37. The van der Waals surface area contributed by atoms with Crippen molar-refractivity contribution in [3.63, 3.8) is 0 Å². The van der Waals surface area contributed by atoms with Crippen LogP contribution in [0.3, 0.4) is 0 Å². The van der Waals surface area contributed by atoms with Gasteiger partial charge in [-0.15, -0.1) is 0 Å². The van der Waals surface area contributed by atoms with E-state index in [4.69, 9.17) is 21.0 Å². The Morgan fingerprint density at radius 2 is 1.95 bits per heavy atom. The van der Waals surface area contributed by atoms with Gasteiger partial charge in [0.15, 0.2) is 0 Å². The van der Waals surface area contributed by atoms with E-state index in [-0.39, 0.29) is 12.3 Å². The average molecular weight is 273 g/mol. The maximum Gasteiger partial charge on any atom is 0.408 e. The van der Waals surface area contributed by atoms with Crippen LogP contribution in [0.15, 0.2) is 0 Å². The molecule has 0 unspecified atom stereocenters. The van der Waals surface area contributed by atoms with Gasteiger partial charge in [-0.25, -0.2) is 9.59 Å². The zero-order valence-corrected chi connectivity index (χ0v) is 11.7. The van der Waals surface area contributed by atoms with Crippen LogP contribution >= 0.6 is 0 Å². The van der Waals surface area contributed by atoms with Gasteiger partial charge in [0.2, 0.25) is 0 Å². The van der Waals surface area contributed by atoms with Crippen LogP contribution in [0.1, 0.15) is 46.5 Å². The molecule has 0 spiro atoms. The third-order valence-electron chi connectivity index (χ3n) is 2.18. The van der Waals surface area contributed by atoms with Crippen molar-refractivity contribution in [3.05, 3.63) is 0 Å². The van der Waals surface area contributed by atoms with E-state index < -0.39 is 23.7 Å². The highest BCUT2D eigenvalue weighted by molar-refractivity contribution is 5.80. The minimum Gasteiger partial charge on any atom is -0.480 e. The summed E-state index contributed by atoms with van der Waals surface area (Å²) in [5, 5.41) is 18.4. The summed E-state index contributed by atoms with van der Waals surface area (Å²) in [5.41, 5.74) is 4.53. The van der Waals surface area contributed by atoms with Crippen molar-refractivity contribution in [2.75, 3.05) is 0 Å². The van der Waals surface area contributed by atoms with E-state index in [0.717, 1.165) is 0 Å². The van der Waals surface area contributed by atoms with Gasteiger partial charge in [-0.2, -0.15) is 0 Å². The Labute approximate surface area is 113 Å². The fourth-order valence-electron chi connectivity index (χ4n) is 1.37. The average Bonchev–Trinajstić information content (AvgIpc) is 2.19. The number of alkyl carbamates (subject to hydrolysis) is 1. The van der Waals surface area contributed by atoms with Crippen LogP contribution in [0.4, 0.5) is 4.79 Å². The summed E-state index contributed by atoms with van der Waals surface area (Å²) in [4.78, 5) is 22.5. The number of hydrogen-bond acceptors (Lipinski definition) is 4. The molecule has 0 heterocycles. The van der Waals surface area contributed by atoms with Gasteiger partial charge in [0.1, 0.15) is 11.6 Å². The van der Waals surface area contributed by atoms with Crippen molar-refractivity contribution in [1.29, 1.82) is 5.41 Å². The number of rotatable bonds is 7. The highest BCUT2D eigenvalue weighted by Crippen LogP contribution is 2.09. The lowest BCUT2D eigenvalue weighted by Gasteiger charge is -2.22. The number of carboxylic acid groups (broad SMARTS) is 1. The fraction of sp³-hybridized carbons (Fsp3) is 0.750. The summed E-state index contributed by atoms with van der Waals surface area (Å²) in [6.07, 6.45) is 1.15. The molecule has 0 aromatic heterocycles. The lowest BCUT2D eigenvalue weighted by molar-refractivity contribution is -0.139. The molecule has 0 rings (SSSR count). The third kappa shape index (κ3) is 9.87. The van der Waals surface area contributed by atoms with Crippen molar-refractivity contribution < 1.29 is 19.4 Å². The lowest BCUT2D eigenvalue weighted by atomic mass is 10.1. The van der Waals surface area contributed by atoms with Gasteiger partial charge in [-0.05, 0) is 33.6 Å². The second kappa shape index (κ2) is 7.60. The quantitative estimate of drug-likeness (QED) is 0.317. The number of carboxylic acids is 1. The van der Waals surface area contributed by atoms with Crippen LogP contribution in [0.25, 0.3) is 0 Å². The van der Waals surface area contributed by atoms with Gasteiger partial charge < -0.3 is 20.9 Å². The first-order valence-electron chi connectivity index (χ1n) is 6.17. The predicted molar refractivity (Wildman–Crippen MR) is 71.2 cm³/mol. The molecule has 0 bridgehead atoms. The van der Waals surface area contributed by atoms with Crippen molar-refractivity contribution in [3.8, 4) is 0 Å². The minimum absolute atomic E-state index is 0.0759. The van der Waals surface area contributed by atoms with Gasteiger partial charge in [-0.3, -0.25) is 5.41 Å². The molecule has 110 valence electrons. The molecule has 5 N–H and O–H groups in total. The number of ether oxygens (including phenoxy) is 1. The molecule has 7 heteroatoms. The number of nitrogens with two attached hydrogens (primary N) is 1. The molecular weight excluding hydrogens is 250 g/mol. The molecule has 1 amide bonds. The summed E-state index contributed by atoms with van der Waals surface area (Å²) in [7, 11) is 0. The maximum absolute atomic E-state index is 11.5.